The van der Waals surface area contributed by atoms with E-state index in [1.165, 1.54) is 0 Å². The number of carboxylic acid groups (broad SMARTS) is 1. The highest BCUT2D eigenvalue weighted by molar-refractivity contribution is 7.15. The standard InChI is InChI=1S/C13H17N3O2S/c1-13(11(17)18)2-4-15(5-3-13)8-10-9-16-6-7-19-12(16)14-10/h6-7,9H,2-5,8H2,1H3,(H,17,18). The smallest absolute Gasteiger partial charge is 0.309 e. The molecule has 0 atom stereocenters. The molecular weight excluding hydrogens is 262 g/mol. The molecule has 102 valence electrons. The summed E-state index contributed by atoms with van der Waals surface area (Å²) < 4.78 is 2.03. The minimum atomic E-state index is -0.672. The van der Waals surface area contributed by atoms with Crippen LogP contribution in [0.2, 0.25) is 0 Å². The number of rotatable bonds is 3. The van der Waals surface area contributed by atoms with Gasteiger partial charge in [-0.05, 0) is 32.9 Å². The molecule has 1 fully saturated rings. The van der Waals surface area contributed by atoms with Gasteiger partial charge in [0.25, 0.3) is 0 Å². The van der Waals surface area contributed by atoms with Gasteiger partial charge in [-0.3, -0.25) is 14.1 Å². The van der Waals surface area contributed by atoms with Crippen molar-refractivity contribution >= 4 is 22.3 Å². The zero-order chi connectivity index (χ0) is 13.5. The Morgan fingerprint density at radius 1 is 1.53 bits per heavy atom. The predicted octanol–water partition coefficient (Wildman–Crippen LogP) is 2.08. The number of likely N-dealkylation sites (tertiary alicyclic amines) is 1. The van der Waals surface area contributed by atoms with Gasteiger partial charge in [-0.1, -0.05) is 0 Å². The maximum absolute atomic E-state index is 11.2. The maximum Gasteiger partial charge on any atom is 0.309 e. The minimum absolute atomic E-state index is 0.551. The topological polar surface area (TPSA) is 57.8 Å². The summed E-state index contributed by atoms with van der Waals surface area (Å²) >= 11 is 1.63. The largest absolute Gasteiger partial charge is 0.481 e. The Kier molecular flexibility index (Phi) is 3.06. The quantitative estimate of drug-likeness (QED) is 0.934. The van der Waals surface area contributed by atoms with E-state index in [0.29, 0.717) is 12.8 Å². The second-order valence-corrected chi connectivity index (χ2v) is 6.34. The molecule has 1 N–H and O–H groups in total. The molecule has 2 aromatic rings. The minimum Gasteiger partial charge on any atom is -0.481 e. The third kappa shape index (κ3) is 2.37. The lowest BCUT2D eigenvalue weighted by Crippen LogP contribution is -2.42. The first-order valence-electron chi connectivity index (χ1n) is 6.44. The summed E-state index contributed by atoms with van der Waals surface area (Å²) in [5.41, 5.74) is 0.510. The molecule has 0 aromatic carbocycles. The van der Waals surface area contributed by atoms with Crippen LogP contribution >= 0.6 is 11.3 Å². The molecule has 1 saturated heterocycles. The Labute approximate surface area is 115 Å². The Morgan fingerprint density at radius 2 is 2.26 bits per heavy atom. The lowest BCUT2D eigenvalue weighted by atomic mass is 9.80. The number of hydrogen-bond acceptors (Lipinski definition) is 4. The van der Waals surface area contributed by atoms with Crippen LogP contribution in [0.1, 0.15) is 25.5 Å². The number of nitrogens with zero attached hydrogens (tertiary/aromatic N) is 3. The van der Waals surface area contributed by atoms with Crippen LogP contribution in [0.25, 0.3) is 4.96 Å². The van der Waals surface area contributed by atoms with Crippen molar-refractivity contribution in [2.75, 3.05) is 13.1 Å². The molecule has 1 aliphatic heterocycles. The van der Waals surface area contributed by atoms with Crippen molar-refractivity contribution in [2.24, 2.45) is 5.41 Å². The normalized spacial score (nSPS) is 19.8. The predicted molar refractivity (Wildman–Crippen MR) is 73.3 cm³/mol. The van der Waals surface area contributed by atoms with Crippen molar-refractivity contribution < 1.29 is 9.90 Å². The summed E-state index contributed by atoms with van der Waals surface area (Å²) in [6, 6.07) is 0. The van der Waals surface area contributed by atoms with Crippen LogP contribution < -0.4 is 0 Å². The van der Waals surface area contributed by atoms with Crippen molar-refractivity contribution in [1.29, 1.82) is 0 Å². The molecule has 1 aliphatic rings. The molecule has 0 amide bonds. The number of fused-ring (bicyclic) bond motifs is 1. The highest BCUT2D eigenvalue weighted by Gasteiger charge is 2.36. The molecular formula is C13H17N3O2S. The molecule has 2 aromatic heterocycles. The number of piperidine rings is 1. The van der Waals surface area contributed by atoms with E-state index < -0.39 is 11.4 Å². The van der Waals surface area contributed by atoms with Crippen molar-refractivity contribution in [3.8, 4) is 0 Å². The SMILES string of the molecule is CC1(C(=O)O)CCN(Cc2cn3ccsc3n2)CC1. The fraction of sp³-hybridized carbons (Fsp3) is 0.538. The second kappa shape index (κ2) is 4.61. The van der Waals surface area contributed by atoms with Crippen LogP contribution in [0.3, 0.4) is 0 Å². The highest BCUT2D eigenvalue weighted by Crippen LogP contribution is 2.31. The summed E-state index contributed by atoms with van der Waals surface area (Å²) in [7, 11) is 0. The van der Waals surface area contributed by atoms with Gasteiger partial charge in [0.1, 0.15) is 0 Å². The summed E-state index contributed by atoms with van der Waals surface area (Å²) in [6.07, 6.45) is 5.49. The van der Waals surface area contributed by atoms with Crippen molar-refractivity contribution in [1.82, 2.24) is 14.3 Å². The average Bonchev–Trinajstić information content (AvgIpc) is 2.92. The van der Waals surface area contributed by atoms with Gasteiger partial charge in [0.05, 0.1) is 11.1 Å². The van der Waals surface area contributed by atoms with Crippen molar-refractivity contribution in [3.05, 3.63) is 23.5 Å². The highest BCUT2D eigenvalue weighted by atomic mass is 32.1. The number of carboxylic acids is 1. The lowest BCUT2D eigenvalue weighted by Gasteiger charge is -2.36. The molecule has 0 spiro atoms. The number of aliphatic carboxylic acids is 1. The fourth-order valence-electron chi connectivity index (χ4n) is 2.50. The molecule has 0 unspecified atom stereocenters. The van der Waals surface area contributed by atoms with Crippen LogP contribution in [-0.4, -0.2) is 38.4 Å². The van der Waals surface area contributed by atoms with Gasteiger partial charge in [0, 0.05) is 24.3 Å². The number of hydrogen-bond donors (Lipinski definition) is 1. The van der Waals surface area contributed by atoms with E-state index in [2.05, 4.69) is 16.1 Å². The molecule has 0 radical (unpaired) electrons. The van der Waals surface area contributed by atoms with Gasteiger partial charge in [-0.15, -0.1) is 11.3 Å². The molecule has 19 heavy (non-hydrogen) atoms. The Balaban J connectivity index is 1.63. The fourth-order valence-corrected chi connectivity index (χ4v) is 3.22. The van der Waals surface area contributed by atoms with Crippen LogP contribution in [0.15, 0.2) is 17.8 Å². The molecule has 0 aliphatic carbocycles. The first-order valence-corrected chi connectivity index (χ1v) is 7.32. The first-order chi connectivity index (χ1) is 9.07. The van der Waals surface area contributed by atoms with Gasteiger partial charge < -0.3 is 5.11 Å². The molecule has 5 nitrogen and oxygen atoms in total. The summed E-state index contributed by atoms with van der Waals surface area (Å²) in [5, 5.41) is 11.2. The number of thiazole rings is 1. The molecule has 3 heterocycles. The molecule has 0 saturated carbocycles. The number of aromatic nitrogens is 2. The molecule has 3 rings (SSSR count). The Morgan fingerprint density at radius 3 is 2.89 bits per heavy atom. The number of imidazole rings is 1. The first kappa shape index (κ1) is 12.6. The monoisotopic (exact) mass is 279 g/mol. The van der Waals surface area contributed by atoms with Crippen LogP contribution in [-0.2, 0) is 11.3 Å². The van der Waals surface area contributed by atoms with E-state index in [0.717, 1.165) is 30.3 Å². The van der Waals surface area contributed by atoms with Crippen molar-refractivity contribution in [3.63, 3.8) is 0 Å². The van der Waals surface area contributed by atoms with E-state index in [9.17, 15) is 9.90 Å². The third-order valence-electron chi connectivity index (χ3n) is 4.00. The van der Waals surface area contributed by atoms with E-state index >= 15 is 0 Å². The summed E-state index contributed by atoms with van der Waals surface area (Å²) in [4.78, 5) is 19.1. The van der Waals surface area contributed by atoms with E-state index in [1.54, 1.807) is 11.3 Å². The molecule has 6 heteroatoms. The van der Waals surface area contributed by atoms with E-state index in [1.807, 2.05) is 22.9 Å². The maximum atomic E-state index is 11.2. The van der Waals surface area contributed by atoms with Gasteiger partial charge in [0.15, 0.2) is 4.96 Å². The van der Waals surface area contributed by atoms with E-state index in [4.69, 9.17) is 0 Å². The van der Waals surface area contributed by atoms with Gasteiger partial charge in [-0.2, -0.15) is 0 Å². The Bertz CT molecular complexity index is 567. The van der Waals surface area contributed by atoms with Gasteiger partial charge in [-0.25, -0.2) is 4.98 Å². The van der Waals surface area contributed by atoms with E-state index in [-0.39, 0.29) is 0 Å². The van der Waals surface area contributed by atoms with Gasteiger partial charge in [0.2, 0.25) is 0 Å². The van der Waals surface area contributed by atoms with Crippen LogP contribution in [0.5, 0.6) is 0 Å². The van der Waals surface area contributed by atoms with Crippen molar-refractivity contribution in [2.45, 2.75) is 26.3 Å². The van der Waals surface area contributed by atoms with Crippen LogP contribution in [0, 0.1) is 5.41 Å². The number of carbonyl (C=O) groups is 1. The second-order valence-electron chi connectivity index (χ2n) is 5.47. The van der Waals surface area contributed by atoms with Crippen LogP contribution in [0.4, 0.5) is 0 Å². The van der Waals surface area contributed by atoms with Gasteiger partial charge >= 0.3 is 5.97 Å². The molecule has 0 bridgehead atoms. The summed E-state index contributed by atoms with van der Waals surface area (Å²) in [6.45, 7) is 4.31. The summed E-state index contributed by atoms with van der Waals surface area (Å²) in [5.74, 6) is -0.672. The third-order valence-corrected chi connectivity index (χ3v) is 4.78. The zero-order valence-electron chi connectivity index (χ0n) is 10.9. The zero-order valence-corrected chi connectivity index (χ0v) is 11.7. The Hall–Kier alpha value is -1.40. The lowest BCUT2D eigenvalue weighted by molar-refractivity contribution is -0.150. The average molecular weight is 279 g/mol.